The summed E-state index contributed by atoms with van der Waals surface area (Å²) in [6.07, 6.45) is 1.98. The predicted molar refractivity (Wildman–Crippen MR) is 96.9 cm³/mol. The molecule has 1 amide bonds. The van der Waals surface area contributed by atoms with Gasteiger partial charge in [-0.15, -0.1) is 0 Å². The average Bonchev–Trinajstić information content (AvgIpc) is 2.55. The van der Waals surface area contributed by atoms with Gasteiger partial charge in [0.2, 0.25) is 0 Å². The summed E-state index contributed by atoms with van der Waals surface area (Å²) in [5, 5.41) is 0. The fraction of sp³-hybridized carbons (Fsp3) is 0.278. The number of fused-ring (bicyclic) bond motifs is 1. The Bertz CT molecular complexity index is 727. The van der Waals surface area contributed by atoms with Gasteiger partial charge in [-0.1, -0.05) is 18.2 Å². The van der Waals surface area contributed by atoms with Crippen molar-refractivity contribution in [2.24, 2.45) is 0 Å². The maximum atomic E-state index is 13.0. The zero-order valence-electron chi connectivity index (χ0n) is 12.7. The zero-order valence-corrected chi connectivity index (χ0v) is 14.9. The lowest BCUT2D eigenvalue weighted by Crippen LogP contribution is -2.36. The van der Waals surface area contributed by atoms with E-state index in [0.717, 1.165) is 40.0 Å². The first kappa shape index (κ1) is 15.3. The zero-order chi connectivity index (χ0) is 15.7. The van der Waals surface area contributed by atoms with Gasteiger partial charge in [-0.2, -0.15) is 0 Å². The number of methoxy groups -OCH3 is 1. The first-order valence-corrected chi connectivity index (χ1v) is 8.44. The number of carbonyl (C=O) groups excluding carboxylic acids is 1. The highest BCUT2D eigenvalue weighted by Crippen LogP contribution is 2.39. The van der Waals surface area contributed by atoms with Crippen molar-refractivity contribution in [2.75, 3.05) is 18.6 Å². The fourth-order valence-electron chi connectivity index (χ4n) is 3.00. The van der Waals surface area contributed by atoms with Gasteiger partial charge in [0.15, 0.2) is 0 Å². The fourth-order valence-corrected chi connectivity index (χ4v) is 3.62. The van der Waals surface area contributed by atoms with Gasteiger partial charge in [0.25, 0.3) is 5.91 Å². The van der Waals surface area contributed by atoms with Crippen LogP contribution >= 0.6 is 22.6 Å². The lowest BCUT2D eigenvalue weighted by atomic mass is 9.95. The summed E-state index contributed by atoms with van der Waals surface area (Å²) < 4.78 is 6.49. The maximum Gasteiger partial charge on any atom is 0.259 e. The van der Waals surface area contributed by atoms with Gasteiger partial charge in [0.05, 0.1) is 18.4 Å². The second-order valence-corrected chi connectivity index (χ2v) is 6.61. The molecule has 22 heavy (non-hydrogen) atoms. The Morgan fingerprint density at radius 3 is 2.73 bits per heavy atom. The number of anilines is 1. The van der Waals surface area contributed by atoms with Gasteiger partial charge in [-0.05, 0) is 71.7 Å². The van der Waals surface area contributed by atoms with Crippen LogP contribution in [0.4, 0.5) is 5.69 Å². The van der Waals surface area contributed by atoms with Crippen LogP contribution in [-0.2, 0) is 6.42 Å². The van der Waals surface area contributed by atoms with Crippen molar-refractivity contribution < 1.29 is 9.53 Å². The second kappa shape index (κ2) is 6.28. The summed E-state index contributed by atoms with van der Waals surface area (Å²) in [6, 6.07) is 11.7. The molecule has 1 heterocycles. The van der Waals surface area contributed by atoms with Crippen LogP contribution in [0.1, 0.15) is 27.9 Å². The van der Waals surface area contributed by atoms with E-state index in [1.807, 2.05) is 35.2 Å². The van der Waals surface area contributed by atoms with Crippen LogP contribution in [0, 0.1) is 10.5 Å². The second-order valence-electron chi connectivity index (χ2n) is 5.45. The molecule has 1 aliphatic heterocycles. The molecular weight excluding hydrogens is 389 g/mol. The molecule has 0 unspecified atom stereocenters. The summed E-state index contributed by atoms with van der Waals surface area (Å²) in [6.45, 7) is 2.83. The van der Waals surface area contributed by atoms with Crippen LogP contribution in [0.5, 0.6) is 5.75 Å². The minimum absolute atomic E-state index is 0.0508. The van der Waals surface area contributed by atoms with Gasteiger partial charge >= 0.3 is 0 Å². The maximum absolute atomic E-state index is 13.0. The first-order valence-electron chi connectivity index (χ1n) is 7.36. The summed E-state index contributed by atoms with van der Waals surface area (Å²) >= 11 is 2.22. The van der Waals surface area contributed by atoms with Crippen LogP contribution in [0.15, 0.2) is 36.4 Å². The lowest BCUT2D eigenvalue weighted by Gasteiger charge is -2.32. The number of nitrogens with zero attached hydrogens (tertiary/aromatic N) is 1. The normalized spacial score (nSPS) is 13.7. The van der Waals surface area contributed by atoms with Gasteiger partial charge in [-0.3, -0.25) is 4.79 Å². The molecule has 0 saturated carbocycles. The lowest BCUT2D eigenvalue weighted by molar-refractivity contribution is 0.0983. The Balaban J connectivity index is 2.10. The molecule has 0 aromatic heterocycles. The van der Waals surface area contributed by atoms with Crippen molar-refractivity contribution in [3.05, 3.63) is 56.7 Å². The van der Waals surface area contributed by atoms with Crippen LogP contribution in [0.3, 0.4) is 0 Å². The molecule has 0 atom stereocenters. The number of halogens is 1. The van der Waals surface area contributed by atoms with Crippen molar-refractivity contribution in [3.63, 3.8) is 0 Å². The third-order valence-electron chi connectivity index (χ3n) is 4.13. The van der Waals surface area contributed by atoms with E-state index in [1.54, 1.807) is 7.11 Å². The van der Waals surface area contributed by atoms with Crippen molar-refractivity contribution in [1.82, 2.24) is 0 Å². The Morgan fingerprint density at radius 1 is 1.23 bits per heavy atom. The first-order chi connectivity index (χ1) is 10.6. The SMILES string of the molecule is COc1ccc(C)c2c1N(C(=O)c1ccccc1I)CCC2. The van der Waals surface area contributed by atoms with Crippen LogP contribution in [-0.4, -0.2) is 19.6 Å². The number of ether oxygens (including phenoxy) is 1. The van der Waals surface area contributed by atoms with Crippen molar-refractivity contribution in [3.8, 4) is 5.75 Å². The molecule has 0 radical (unpaired) electrons. The molecule has 0 fully saturated rings. The minimum Gasteiger partial charge on any atom is -0.495 e. The summed E-state index contributed by atoms with van der Waals surface area (Å²) in [7, 11) is 1.66. The quantitative estimate of drug-likeness (QED) is 0.699. The number of hydrogen-bond acceptors (Lipinski definition) is 2. The third-order valence-corrected chi connectivity index (χ3v) is 5.07. The molecule has 4 heteroatoms. The largest absolute Gasteiger partial charge is 0.495 e. The molecular formula is C18H18INO2. The Labute approximate surface area is 144 Å². The number of aryl methyl sites for hydroxylation is 1. The molecule has 2 aromatic carbocycles. The van der Waals surface area contributed by atoms with Gasteiger partial charge in [-0.25, -0.2) is 0 Å². The predicted octanol–water partition coefficient (Wildman–Crippen LogP) is 4.20. The monoisotopic (exact) mass is 407 g/mol. The summed E-state index contributed by atoms with van der Waals surface area (Å²) in [5.74, 6) is 0.828. The molecule has 0 saturated heterocycles. The number of hydrogen-bond donors (Lipinski definition) is 0. The molecule has 1 aliphatic rings. The Morgan fingerprint density at radius 2 is 2.00 bits per heavy atom. The van der Waals surface area contributed by atoms with Gasteiger partial charge in [0, 0.05) is 10.1 Å². The summed E-state index contributed by atoms with van der Waals surface area (Å²) in [4.78, 5) is 14.9. The molecule has 0 N–H and O–H groups in total. The van der Waals surface area contributed by atoms with E-state index in [9.17, 15) is 4.79 Å². The summed E-state index contributed by atoms with van der Waals surface area (Å²) in [5.41, 5.74) is 4.14. The number of benzene rings is 2. The third kappa shape index (κ3) is 2.60. The highest BCUT2D eigenvalue weighted by atomic mass is 127. The van der Waals surface area contributed by atoms with E-state index in [1.165, 1.54) is 11.1 Å². The standard InChI is InChI=1S/C18H18INO2/c1-12-9-10-16(22-2)17-13(12)7-5-11-20(17)18(21)14-6-3-4-8-15(14)19/h3-4,6,8-10H,5,7,11H2,1-2H3. The van der Waals surface area contributed by atoms with E-state index < -0.39 is 0 Å². The van der Waals surface area contributed by atoms with Crippen LogP contribution in [0.25, 0.3) is 0 Å². The molecule has 0 spiro atoms. The molecule has 0 bridgehead atoms. The number of amides is 1. The van der Waals surface area contributed by atoms with Crippen molar-refractivity contribution in [1.29, 1.82) is 0 Å². The van der Waals surface area contributed by atoms with Crippen LogP contribution in [0.2, 0.25) is 0 Å². The van der Waals surface area contributed by atoms with E-state index in [2.05, 4.69) is 35.6 Å². The van der Waals surface area contributed by atoms with E-state index in [0.29, 0.717) is 0 Å². The molecule has 0 aliphatic carbocycles. The topological polar surface area (TPSA) is 29.5 Å². The number of rotatable bonds is 2. The minimum atomic E-state index is 0.0508. The smallest absolute Gasteiger partial charge is 0.259 e. The van der Waals surface area contributed by atoms with Crippen LogP contribution < -0.4 is 9.64 Å². The molecule has 3 nitrogen and oxygen atoms in total. The van der Waals surface area contributed by atoms with Gasteiger partial charge in [0.1, 0.15) is 5.75 Å². The van der Waals surface area contributed by atoms with E-state index in [4.69, 9.17) is 4.74 Å². The molecule has 2 aromatic rings. The molecule has 114 valence electrons. The highest BCUT2D eigenvalue weighted by Gasteiger charge is 2.28. The average molecular weight is 407 g/mol. The molecule has 3 rings (SSSR count). The van der Waals surface area contributed by atoms with Gasteiger partial charge < -0.3 is 9.64 Å². The Hall–Kier alpha value is -1.56. The highest BCUT2D eigenvalue weighted by molar-refractivity contribution is 14.1. The number of carbonyl (C=O) groups is 1. The van der Waals surface area contributed by atoms with E-state index >= 15 is 0 Å². The Kier molecular flexibility index (Phi) is 4.38. The van der Waals surface area contributed by atoms with Crippen molar-refractivity contribution in [2.45, 2.75) is 19.8 Å². The van der Waals surface area contributed by atoms with Crippen molar-refractivity contribution >= 4 is 34.2 Å². The van der Waals surface area contributed by atoms with E-state index in [-0.39, 0.29) is 5.91 Å².